The van der Waals surface area contributed by atoms with Gasteiger partial charge in [-0.25, -0.2) is 4.98 Å². The molecule has 72 valence electrons. The molecule has 1 N–H and O–H groups in total. The van der Waals surface area contributed by atoms with E-state index in [-0.39, 0.29) is 0 Å². The summed E-state index contributed by atoms with van der Waals surface area (Å²) < 4.78 is 0. The molecular weight excluding hydrogens is 180 g/mol. The summed E-state index contributed by atoms with van der Waals surface area (Å²) in [5.41, 5.74) is 1.25. The van der Waals surface area contributed by atoms with E-state index in [0.29, 0.717) is 5.92 Å². The number of hydrogen-bond donors (Lipinski definition) is 1. The van der Waals surface area contributed by atoms with E-state index in [1.54, 1.807) is 11.3 Å². The lowest BCUT2D eigenvalue weighted by Gasteiger charge is -2.02. The molecule has 2 rings (SSSR count). The van der Waals surface area contributed by atoms with E-state index in [9.17, 15) is 0 Å². The predicted octanol–water partition coefficient (Wildman–Crippen LogP) is 3.23. The average molecular weight is 196 g/mol. The summed E-state index contributed by atoms with van der Waals surface area (Å²) in [6.07, 6.45) is 3.81. The molecule has 0 aliphatic heterocycles. The summed E-state index contributed by atoms with van der Waals surface area (Å²) in [7, 11) is 0. The van der Waals surface area contributed by atoms with Crippen LogP contribution in [0.4, 0.5) is 5.13 Å². The lowest BCUT2D eigenvalue weighted by molar-refractivity contribution is 0.714. The summed E-state index contributed by atoms with van der Waals surface area (Å²) in [6, 6.07) is 0.718. The predicted molar refractivity (Wildman–Crippen MR) is 57.5 cm³/mol. The van der Waals surface area contributed by atoms with Crippen LogP contribution in [-0.2, 0) is 0 Å². The normalized spacial score (nSPS) is 18.6. The molecule has 1 heterocycles. The lowest BCUT2D eigenvalue weighted by Crippen LogP contribution is -2.00. The van der Waals surface area contributed by atoms with Crippen molar-refractivity contribution in [2.45, 2.75) is 45.1 Å². The second-order valence-corrected chi connectivity index (χ2v) is 4.66. The Hall–Kier alpha value is -0.570. The van der Waals surface area contributed by atoms with Crippen molar-refractivity contribution in [1.82, 2.24) is 4.98 Å². The second-order valence-electron chi connectivity index (χ2n) is 3.81. The van der Waals surface area contributed by atoms with Crippen molar-refractivity contribution in [3.63, 3.8) is 0 Å². The Bertz CT molecular complexity index is 278. The van der Waals surface area contributed by atoms with E-state index < -0.39 is 0 Å². The average Bonchev–Trinajstić information content (AvgIpc) is 2.81. The highest BCUT2D eigenvalue weighted by molar-refractivity contribution is 7.13. The van der Waals surface area contributed by atoms with Gasteiger partial charge in [-0.1, -0.05) is 13.8 Å². The van der Waals surface area contributed by atoms with E-state index in [4.69, 9.17) is 0 Å². The van der Waals surface area contributed by atoms with Gasteiger partial charge in [-0.3, -0.25) is 0 Å². The number of nitrogens with zero attached hydrogens (tertiary/aromatic N) is 1. The molecule has 0 aromatic carbocycles. The molecule has 0 bridgehead atoms. The Morgan fingerprint density at radius 3 is 3.08 bits per heavy atom. The van der Waals surface area contributed by atoms with Crippen LogP contribution in [0.5, 0.6) is 0 Å². The van der Waals surface area contributed by atoms with Crippen LogP contribution >= 0.6 is 11.3 Å². The third kappa shape index (κ3) is 2.21. The van der Waals surface area contributed by atoms with Crippen molar-refractivity contribution >= 4 is 16.5 Å². The van der Waals surface area contributed by atoms with Gasteiger partial charge in [0.25, 0.3) is 0 Å². The van der Waals surface area contributed by atoms with Crippen LogP contribution in [-0.4, -0.2) is 11.0 Å². The molecule has 1 aromatic heterocycles. The summed E-state index contributed by atoms with van der Waals surface area (Å²) in [6.45, 7) is 4.44. The molecule has 1 fully saturated rings. The molecule has 2 nitrogen and oxygen atoms in total. The molecule has 1 atom stereocenters. The fourth-order valence-electron chi connectivity index (χ4n) is 1.19. The Labute approximate surface area is 83.4 Å². The van der Waals surface area contributed by atoms with Crippen LogP contribution in [0.3, 0.4) is 0 Å². The van der Waals surface area contributed by atoms with Gasteiger partial charge in [0.1, 0.15) is 0 Å². The highest BCUT2D eigenvalue weighted by Crippen LogP contribution is 2.29. The van der Waals surface area contributed by atoms with Gasteiger partial charge >= 0.3 is 0 Å². The van der Waals surface area contributed by atoms with Gasteiger partial charge in [-0.05, 0) is 25.2 Å². The fourth-order valence-corrected chi connectivity index (χ4v) is 2.10. The first-order valence-electron chi connectivity index (χ1n) is 5.01. The minimum absolute atomic E-state index is 0.603. The first kappa shape index (κ1) is 9.00. The molecule has 13 heavy (non-hydrogen) atoms. The zero-order valence-electron chi connectivity index (χ0n) is 8.21. The summed E-state index contributed by atoms with van der Waals surface area (Å²) in [5.74, 6) is 0.603. The van der Waals surface area contributed by atoms with E-state index in [1.165, 1.54) is 25.0 Å². The molecule has 1 aliphatic carbocycles. The van der Waals surface area contributed by atoms with Gasteiger partial charge in [0, 0.05) is 11.4 Å². The van der Waals surface area contributed by atoms with Gasteiger partial charge in [-0.15, -0.1) is 11.3 Å². The maximum atomic E-state index is 4.57. The molecule has 1 aromatic rings. The zero-order chi connectivity index (χ0) is 9.26. The Kier molecular flexibility index (Phi) is 2.54. The summed E-state index contributed by atoms with van der Waals surface area (Å²) >= 11 is 1.74. The van der Waals surface area contributed by atoms with Gasteiger partial charge < -0.3 is 5.32 Å². The van der Waals surface area contributed by atoms with Gasteiger partial charge in [0.05, 0.1) is 5.69 Å². The second kappa shape index (κ2) is 3.66. The Balaban J connectivity index is 1.99. The van der Waals surface area contributed by atoms with Crippen LogP contribution in [0, 0.1) is 0 Å². The number of thiazole rings is 1. The van der Waals surface area contributed by atoms with E-state index in [2.05, 4.69) is 29.5 Å². The molecule has 3 heteroatoms. The minimum atomic E-state index is 0.603. The number of nitrogens with one attached hydrogen (secondary N) is 1. The van der Waals surface area contributed by atoms with Crippen molar-refractivity contribution in [3.8, 4) is 0 Å². The highest BCUT2D eigenvalue weighted by Gasteiger charge is 2.22. The summed E-state index contributed by atoms with van der Waals surface area (Å²) in [4.78, 5) is 4.57. The quantitative estimate of drug-likeness (QED) is 0.799. The Morgan fingerprint density at radius 1 is 1.69 bits per heavy atom. The zero-order valence-corrected chi connectivity index (χ0v) is 9.03. The van der Waals surface area contributed by atoms with Crippen molar-refractivity contribution in [2.75, 3.05) is 5.32 Å². The molecule has 1 saturated carbocycles. The number of anilines is 1. The largest absolute Gasteiger partial charge is 0.359 e. The first-order valence-corrected chi connectivity index (χ1v) is 5.89. The van der Waals surface area contributed by atoms with E-state index in [1.807, 2.05) is 0 Å². The molecule has 0 radical (unpaired) electrons. The molecule has 0 saturated heterocycles. The molecule has 1 aliphatic rings. The van der Waals surface area contributed by atoms with Gasteiger partial charge in [0.2, 0.25) is 0 Å². The van der Waals surface area contributed by atoms with Crippen LogP contribution in [0.1, 0.15) is 44.7 Å². The molecule has 1 unspecified atom stereocenters. The topological polar surface area (TPSA) is 24.9 Å². The van der Waals surface area contributed by atoms with Gasteiger partial charge in [-0.2, -0.15) is 0 Å². The fraction of sp³-hybridized carbons (Fsp3) is 0.700. The molecular formula is C10H16N2S. The van der Waals surface area contributed by atoms with Crippen LogP contribution in [0.25, 0.3) is 0 Å². The first-order chi connectivity index (χ1) is 6.29. The third-order valence-corrected chi connectivity index (χ3v) is 3.34. The van der Waals surface area contributed by atoms with Crippen LogP contribution in [0.2, 0.25) is 0 Å². The van der Waals surface area contributed by atoms with Crippen LogP contribution in [0.15, 0.2) is 5.38 Å². The van der Waals surface area contributed by atoms with Crippen molar-refractivity contribution < 1.29 is 0 Å². The number of hydrogen-bond acceptors (Lipinski definition) is 3. The minimum Gasteiger partial charge on any atom is -0.359 e. The maximum absolute atomic E-state index is 4.57. The SMILES string of the molecule is CCC(C)c1csc(NC2CC2)n1. The van der Waals surface area contributed by atoms with E-state index in [0.717, 1.165) is 11.2 Å². The van der Waals surface area contributed by atoms with Crippen molar-refractivity contribution in [1.29, 1.82) is 0 Å². The smallest absolute Gasteiger partial charge is 0.183 e. The standard InChI is InChI=1S/C10H16N2S/c1-3-7(2)9-6-13-10(12-9)11-8-4-5-8/h6-8H,3-5H2,1-2H3,(H,11,12). The van der Waals surface area contributed by atoms with Crippen molar-refractivity contribution in [3.05, 3.63) is 11.1 Å². The molecule has 0 spiro atoms. The van der Waals surface area contributed by atoms with Gasteiger partial charge in [0.15, 0.2) is 5.13 Å². The highest BCUT2D eigenvalue weighted by atomic mass is 32.1. The Morgan fingerprint density at radius 2 is 2.46 bits per heavy atom. The lowest BCUT2D eigenvalue weighted by atomic mass is 10.1. The van der Waals surface area contributed by atoms with Crippen molar-refractivity contribution in [2.24, 2.45) is 0 Å². The monoisotopic (exact) mass is 196 g/mol. The summed E-state index contributed by atoms with van der Waals surface area (Å²) in [5, 5.41) is 6.71. The number of rotatable bonds is 4. The molecule has 0 amide bonds. The number of aromatic nitrogens is 1. The van der Waals surface area contributed by atoms with E-state index >= 15 is 0 Å². The third-order valence-electron chi connectivity index (χ3n) is 2.54. The van der Waals surface area contributed by atoms with Crippen LogP contribution < -0.4 is 5.32 Å². The maximum Gasteiger partial charge on any atom is 0.183 e.